The van der Waals surface area contributed by atoms with Gasteiger partial charge in [0.15, 0.2) is 11.6 Å². The monoisotopic (exact) mass is 462 g/mol. The Labute approximate surface area is 186 Å². The minimum Gasteiger partial charge on any atom is -0.399 e. The lowest BCUT2D eigenvalue weighted by atomic mass is 9.68. The third-order valence-corrected chi connectivity index (χ3v) is 7.18. The summed E-state index contributed by atoms with van der Waals surface area (Å²) in [7, 11) is 0. The van der Waals surface area contributed by atoms with Crippen molar-refractivity contribution in [2.75, 3.05) is 6.67 Å². The Kier molecular flexibility index (Phi) is 8.95. The van der Waals surface area contributed by atoms with Crippen LogP contribution >= 0.6 is 0 Å². The summed E-state index contributed by atoms with van der Waals surface area (Å²) in [5.41, 5.74) is 0.357. The molecule has 0 bridgehead atoms. The number of rotatable bonds is 8. The Morgan fingerprint density at radius 3 is 1.97 bits per heavy atom. The van der Waals surface area contributed by atoms with Crippen molar-refractivity contribution in [3.8, 4) is 5.75 Å². The molecule has 0 radical (unpaired) electrons. The average molecular weight is 463 g/mol. The Balaban J connectivity index is 1.41. The zero-order valence-corrected chi connectivity index (χ0v) is 18.3. The summed E-state index contributed by atoms with van der Waals surface area (Å²) in [6.07, 6.45) is 10.0. The lowest BCUT2D eigenvalue weighted by Crippen LogP contribution is -2.25. The fourth-order valence-corrected chi connectivity index (χ4v) is 5.45. The Bertz CT molecular complexity index is 720. The van der Waals surface area contributed by atoms with Crippen molar-refractivity contribution in [2.24, 2.45) is 23.7 Å². The molecule has 7 heteroatoms. The number of alkyl halides is 4. The van der Waals surface area contributed by atoms with Crippen molar-refractivity contribution >= 4 is 0 Å². The van der Waals surface area contributed by atoms with E-state index in [0.29, 0.717) is 30.2 Å². The molecule has 1 aromatic rings. The summed E-state index contributed by atoms with van der Waals surface area (Å²) in [6, 6.07) is 1.88. The highest BCUT2D eigenvalue weighted by molar-refractivity contribution is 5.31. The van der Waals surface area contributed by atoms with Crippen molar-refractivity contribution in [3.63, 3.8) is 0 Å². The summed E-state index contributed by atoms with van der Waals surface area (Å²) >= 11 is 0. The lowest BCUT2D eigenvalue weighted by molar-refractivity contribution is -0.276. The first-order valence-corrected chi connectivity index (χ1v) is 11.7. The Hall–Kier alpha value is -1.66. The van der Waals surface area contributed by atoms with E-state index in [1.165, 1.54) is 38.5 Å². The minimum atomic E-state index is -5.13. The van der Waals surface area contributed by atoms with E-state index in [1.54, 1.807) is 0 Å². The molecule has 0 unspecified atom stereocenters. The molecular weight excluding hydrogens is 430 g/mol. The first-order chi connectivity index (χ1) is 15.2. The molecule has 180 valence electrons. The van der Waals surface area contributed by atoms with E-state index in [-0.39, 0.29) is 6.67 Å². The highest BCUT2D eigenvalue weighted by Crippen LogP contribution is 2.42. The first-order valence-electron chi connectivity index (χ1n) is 11.7. The molecule has 3 rings (SSSR count). The second kappa shape index (κ2) is 11.5. The normalized spacial score (nSPS) is 27.1. The molecule has 0 amide bonds. The number of aryl methyl sites for hydroxylation is 1. The van der Waals surface area contributed by atoms with Crippen molar-refractivity contribution < 1.29 is 31.1 Å². The van der Waals surface area contributed by atoms with E-state index in [4.69, 9.17) is 0 Å². The van der Waals surface area contributed by atoms with Crippen LogP contribution in [0.3, 0.4) is 0 Å². The summed E-state index contributed by atoms with van der Waals surface area (Å²) in [5, 5.41) is 0. The van der Waals surface area contributed by atoms with Crippen molar-refractivity contribution in [2.45, 2.75) is 77.0 Å². The fraction of sp³-hybridized carbons (Fsp3) is 0.680. The van der Waals surface area contributed by atoms with E-state index in [9.17, 15) is 26.3 Å². The van der Waals surface area contributed by atoms with E-state index < -0.39 is 23.7 Å². The number of ether oxygens (including phenoxy) is 1. The summed E-state index contributed by atoms with van der Waals surface area (Å²) in [5.74, 6) is -1.49. The van der Waals surface area contributed by atoms with Gasteiger partial charge in [0.2, 0.25) is 5.75 Å². The zero-order chi connectivity index (χ0) is 23.1. The van der Waals surface area contributed by atoms with E-state index in [1.807, 2.05) is 6.08 Å². The molecule has 32 heavy (non-hydrogen) atoms. The molecule has 0 heterocycles. The molecule has 0 saturated heterocycles. The third-order valence-electron chi connectivity index (χ3n) is 7.18. The van der Waals surface area contributed by atoms with Gasteiger partial charge in [-0.05, 0) is 99.2 Å². The van der Waals surface area contributed by atoms with Crippen LogP contribution in [0.15, 0.2) is 24.3 Å². The van der Waals surface area contributed by atoms with Crippen LogP contribution in [-0.2, 0) is 6.42 Å². The van der Waals surface area contributed by atoms with Gasteiger partial charge in [0.1, 0.15) is 0 Å². The minimum absolute atomic E-state index is 0.295. The smallest absolute Gasteiger partial charge is 0.399 e. The molecule has 0 aliphatic heterocycles. The summed E-state index contributed by atoms with van der Waals surface area (Å²) in [4.78, 5) is 0. The first kappa shape index (κ1) is 25.0. The number of hydrogen-bond acceptors (Lipinski definition) is 1. The maximum absolute atomic E-state index is 13.9. The maximum atomic E-state index is 13.9. The Morgan fingerprint density at radius 1 is 0.875 bits per heavy atom. The molecule has 0 atom stereocenters. The Morgan fingerprint density at radius 2 is 1.44 bits per heavy atom. The van der Waals surface area contributed by atoms with Crippen LogP contribution < -0.4 is 4.74 Å². The molecule has 0 N–H and O–H groups in total. The van der Waals surface area contributed by atoms with Gasteiger partial charge in [-0.3, -0.25) is 4.39 Å². The fourth-order valence-electron chi connectivity index (χ4n) is 5.45. The van der Waals surface area contributed by atoms with E-state index in [2.05, 4.69) is 10.8 Å². The van der Waals surface area contributed by atoms with Crippen LogP contribution in [0.1, 0.15) is 69.8 Å². The van der Waals surface area contributed by atoms with Crippen molar-refractivity contribution in [1.82, 2.24) is 0 Å². The quantitative estimate of drug-likeness (QED) is 0.279. The number of benzene rings is 1. The second-order valence-corrected chi connectivity index (χ2v) is 9.34. The third kappa shape index (κ3) is 7.45. The van der Waals surface area contributed by atoms with E-state index in [0.717, 1.165) is 43.2 Å². The van der Waals surface area contributed by atoms with Gasteiger partial charge in [-0.25, -0.2) is 8.78 Å². The van der Waals surface area contributed by atoms with Gasteiger partial charge in [-0.2, -0.15) is 0 Å². The molecule has 1 nitrogen and oxygen atoms in total. The second-order valence-electron chi connectivity index (χ2n) is 9.34. The topological polar surface area (TPSA) is 9.23 Å². The number of hydrogen-bond donors (Lipinski definition) is 0. The summed E-state index contributed by atoms with van der Waals surface area (Å²) < 4.78 is 80.3. The van der Waals surface area contributed by atoms with Gasteiger partial charge in [-0.1, -0.05) is 25.0 Å². The molecule has 1 aromatic carbocycles. The molecule has 2 fully saturated rings. The predicted molar refractivity (Wildman–Crippen MR) is 112 cm³/mol. The number of allylic oxidation sites excluding steroid dienone is 2. The highest BCUT2D eigenvalue weighted by Gasteiger charge is 2.34. The van der Waals surface area contributed by atoms with Crippen LogP contribution in [0, 0.1) is 35.3 Å². The van der Waals surface area contributed by atoms with Gasteiger partial charge in [0, 0.05) is 0 Å². The van der Waals surface area contributed by atoms with Crippen LogP contribution in [0.2, 0.25) is 0 Å². The van der Waals surface area contributed by atoms with Crippen LogP contribution in [0.25, 0.3) is 0 Å². The number of halogens is 6. The van der Waals surface area contributed by atoms with E-state index >= 15 is 0 Å². The molecular formula is C25H32F6O. The highest BCUT2D eigenvalue weighted by atomic mass is 19.4. The van der Waals surface area contributed by atoms with Crippen molar-refractivity contribution in [3.05, 3.63) is 41.5 Å². The SMILES string of the molecule is FCCC=CC1CCC(C2CCC(CCc3cc(F)c(OC(F)(F)F)c(F)c3)CC2)CC1. The van der Waals surface area contributed by atoms with Crippen molar-refractivity contribution in [1.29, 1.82) is 0 Å². The molecule has 0 spiro atoms. The predicted octanol–water partition coefficient (Wildman–Crippen LogP) is 8.32. The molecule has 2 aliphatic carbocycles. The van der Waals surface area contributed by atoms with Crippen LogP contribution in [0.4, 0.5) is 26.3 Å². The van der Waals surface area contributed by atoms with Gasteiger partial charge in [0.05, 0.1) is 6.67 Å². The van der Waals surface area contributed by atoms with Gasteiger partial charge in [-0.15, -0.1) is 13.2 Å². The largest absolute Gasteiger partial charge is 0.573 e. The maximum Gasteiger partial charge on any atom is 0.573 e. The van der Waals surface area contributed by atoms with Gasteiger partial charge < -0.3 is 4.74 Å². The van der Waals surface area contributed by atoms with Gasteiger partial charge >= 0.3 is 6.36 Å². The van der Waals surface area contributed by atoms with Crippen LogP contribution in [0.5, 0.6) is 5.75 Å². The standard InChI is InChI=1S/C25H32F6O/c26-14-2-1-3-17-6-10-20(11-7-17)21-12-8-18(9-13-21)4-5-19-15-22(27)24(23(28)16-19)32-25(29,30)31/h1,3,15-18,20-21H,2,4-14H2. The van der Waals surface area contributed by atoms with Gasteiger partial charge in [0.25, 0.3) is 0 Å². The molecule has 0 aromatic heterocycles. The summed E-state index contributed by atoms with van der Waals surface area (Å²) in [6.45, 7) is -0.295. The molecule has 2 saturated carbocycles. The molecule has 2 aliphatic rings. The average Bonchev–Trinajstić information content (AvgIpc) is 2.75. The van der Waals surface area contributed by atoms with Crippen LogP contribution in [-0.4, -0.2) is 13.0 Å². The zero-order valence-electron chi connectivity index (χ0n) is 18.3. The lowest BCUT2D eigenvalue weighted by Gasteiger charge is -2.37.